The molecule has 1 aromatic rings. The predicted octanol–water partition coefficient (Wildman–Crippen LogP) is 1.45. The zero-order valence-electron chi connectivity index (χ0n) is 5.05. The van der Waals surface area contributed by atoms with Crippen LogP contribution in [0.5, 0.6) is 0 Å². The number of rotatable bonds is 1. The van der Waals surface area contributed by atoms with Crippen LogP contribution in [0.1, 0.15) is 15.2 Å². The first-order chi connectivity index (χ1) is 4.24. The molecule has 9 heavy (non-hydrogen) atoms. The lowest BCUT2D eigenvalue weighted by atomic mass is 10.3. The van der Waals surface area contributed by atoms with E-state index in [1.165, 1.54) is 11.3 Å². The number of hydrogen-bond donors (Lipinski definition) is 1. The van der Waals surface area contributed by atoms with E-state index in [0.29, 0.717) is 4.88 Å². The summed E-state index contributed by atoms with van der Waals surface area (Å²) in [7, 11) is 0. The van der Waals surface area contributed by atoms with Crippen molar-refractivity contribution in [1.29, 1.82) is 0 Å². The van der Waals surface area contributed by atoms with E-state index in [1.807, 2.05) is 6.92 Å². The molecule has 0 saturated carbocycles. The maximum atomic E-state index is 10.1. The summed E-state index contributed by atoms with van der Waals surface area (Å²) in [5.41, 5.74) is 6.46. The lowest BCUT2D eigenvalue weighted by molar-refractivity contribution is 0.112. The normalized spacial score (nSPS) is 9.44. The van der Waals surface area contributed by atoms with E-state index in [4.69, 9.17) is 5.73 Å². The highest BCUT2D eigenvalue weighted by Crippen LogP contribution is 2.21. The summed E-state index contributed by atoms with van der Waals surface area (Å²) in [5.74, 6) is 0. The van der Waals surface area contributed by atoms with Gasteiger partial charge in [0.15, 0.2) is 6.29 Å². The van der Waals surface area contributed by atoms with Crippen molar-refractivity contribution in [2.75, 3.05) is 5.73 Å². The van der Waals surface area contributed by atoms with Crippen molar-refractivity contribution in [3.63, 3.8) is 0 Å². The largest absolute Gasteiger partial charge is 0.390 e. The molecule has 0 spiro atoms. The van der Waals surface area contributed by atoms with Crippen LogP contribution in [0, 0.1) is 6.92 Å². The molecule has 2 N–H and O–H groups in total. The van der Waals surface area contributed by atoms with Crippen molar-refractivity contribution in [3.05, 3.63) is 16.5 Å². The molecule has 0 radical (unpaired) electrons. The van der Waals surface area contributed by atoms with Crippen molar-refractivity contribution in [2.24, 2.45) is 0 Å². The molecule has 0 atom stereocenters. The number of nitrogens with two attached hydrogens (primary N) is 1. The van der Waals surface area contributed by atoms with Crippen LogP contribution in [0.2, 0.25) is 0 Å². The van der Waals surface area contributed by atoms with Crippen LogP contribution in [0.15, 0.2) is 6.07 Å². The van der Waals surface area contributed by atoms with Gasteiger partial charge in [-0.1, -0.05) is 0 Å². The van der Waals surface area contributed by atoms with Gasteiger partial charge in [-0.2, -0.15) is 0 Å². The Kier molecular flexibility index (Phi) is 1.53. The average Bonchev–Trinajstić information content (AvgIpc) is 2.13. The number of thiophene rings is 1. The number of nitrogen functional groups attached to an aromatic ring is 1. The molecule has 0 bridgehead atoms. The van der Waals surface area contributed by atoms with E-state index in [0.717, 1.165) is 16.9 Å². The Bertz CT molecular complexity index is 209. The van der Waals surface area contributed by atoms with Gasteiger partial charge in [-0.25, -0.2) is 0 Å². The van der Waals surface area contributed by atoms with Crippen LogP contribution in [-0.2, 0) is 0 Å². The van der Waals surface area contributed by atoms with Crippen LogP contribution in [0.25, 0.3) is 0 Å². The topological polar surface area (TPSA) is 43.1 Å². The zero-order valence-corrected chi connectivity index (χ0v) is 5.87. The third kappa shape index (κ3) is 1.10. The fourth-order valence-electron chi connectivity index (χ4n) is 0.580. The van der Waals surface area contributed by atoms with Crippen LogP contribution in [0.4, 0.5) is 5.00 Å². The highest BCUT2D eigenvalue weighted by molar-refractivity contribution is 7.17. The van der Waals surface area contributed by atoms with Crippen molar-refractivity contribution in [3.8, 4) is 0 Å². The number of hydrogen-bond acceptors (Lipinski definition) is 3. The fourth-order valence-corrected chi connectivity index (χ4v) is 1.34. The minimum atomic E-state index is 0.699. The standard InChI is InChI=1S/C6H7NOS/c1-4-2-5(3-8)9-6(4)7/h2-3H,7H2,1H3. The molecule has 3 heteroatoms. The van der Waals surface area contributed by atoms with E-state index in [2.05, 4.69) is 0 Å². The van der Waals surface area contributed by atoms with E-state index >= 15 is 0 Å². The second-order valence-corrected chi connectivity index (χ2v) is 2.93. The fraction of sp³-hybridized carbons (Fsp3) is 0.167. The Morgan fingerprint density at radius 2 is 2.44 bits per heavy atom. The third-order valence-corrected chi connectivity index (χ3v) is 2.08. The quantitative estimate of drug-likeness (QED) is 0.601. The lowest BCUT2D eigenvalue weighted by Gasteiger charge is -1.80. The van der Waals surface area contributed by atoms with Gasteiger partial charge in [0.2, 0.25) is 0 Å². The second kappa shape index (κ2) is 2.19. The van der Waals surface area contributed by atoms with Crippen LogP contribution >= 0.6 is 11.3 Å². The molecule has 2 nitrogen and oxygen atoms in total. The van der Waals surface area contributed by atoms with Crippen LogP contribution in [-0.4, -0.2) is 6.29 Å². The monoisotopic (exact) mass is 141 g/mol. The van der Waals surface area contributed by atoms with Crippen LogP contribution < -0.4 is 5.73 Å². The van der Waals surface area contributed by atoms with Gasteiger partial charge in [-0.05, 0) is 18.6 Å². The molecule has 1 rings (SSSR count). The number of aldehydes is 1. The minimum Gasteiger partial charge on any atom is -0.390 e. The second-order valence-electron chi connectivity index (χ2n) is 1.81. The molecular weight excluding hydrogens is 134 g/mol. The first-order valence-corrected chi connectivity index (χ1v) is 3.37. The molecule has 0 aliphatic heterocycles. The number of aryl methyl sites for hydroxylation is 1. The molecular formula is C6H7NOS. The Hall–Kier alpha value is -0.830. The summed E-state index contributed by atoms with van der Waals surface area (Å²) in [6.07, 6.45) is 0.814. The zero-order chi connectivity index (χ0) is 6.85. The highest BCUT2D eigenvalue weighted by Gasteiger charge is 1.98. The molecule has 1 heterocycles. The summed E-state index contributed by atoms with van der Waals surface area (Å²) in [5, 5.41) is 0.733. The first kappa shape index (κ1) is 6.29. The van der Waals surface area contributed by atoms with Gasteiger partial charge in [0.25, 0.3) is 0 Å². The van der Waals surface area contributed by atoms with Gasteiger partial charge in [-0.15, -0.1) is 11.3 Å². The molecule has 0 aliphatic rings. The van der Waals surface area contributed by atoms with E-state index in [-0.39, 0.29) is 0 Å². The van der Waals surface area contributed by atoms with E-state index < -0.39 is 0 Å². The van der Waals surface area contributed by atoms with Gasteiger partial charge in [0.05, 0.1) is 9.88 Å². The summed E-state index contributed by atoms with van der Waals surface area (Å²) in [6.45, 7) is 1.89. The number of carbonyl (C=O) groups excluding carboxylic acids is 1. The third-order valence-electron chi connectivity index (χ3n) is 1.09. The number of carbonyl (C=O) groups is 1. The van der Waals surface area contributed by atoms with Gasteiger partial charge >= 0.3 is 0 Å². The lowest BCUT2D eigenvalue weighted by Crippen LogP contribution is -1.78. The maximum absolute atomic E-state index is 10.1. The SMILES string of the molecule is Cc1cc(C=O)sc1N. The molecule has 0 aromatic carbocycles. The number of anilines is 1. The Morgan fingerprint density at radius 3 is 2.67 bits per heavy atom. The van der Waals surface area contributed by atoms with Gasteiger partial charge in [0.1, 0.15) is 0 Å². The van der Waals surface area contributed by atoms with Crippen LogP contribution in [0.3, 0.4) is 0 Å². The maximum Gasteiger partial charge on any atom is 0.160 e. The summed E-state index contributed by atoms with van der Waals surface area (Å²) in [6, 6.07) is 1.78. The van der Waals surface area contributed by atoms with Gasteiger partial charge < -0.3 is 5.73 Å². The molecule has 0 fully saturated rings. The average molecular weight is 141 g/mol. The first-order valence-electron chi connectivity index (χ1n) is 2.55. The van der Waals surface area contributed by atoms with Gasteiger partial charge in [0, 0.05) is 0 Å². The molecule has 1 aromatic heterocycles. The Morgan fingerprint density at radius 1 is 1.78 bits per heavy atom. The molecule has 0 aliphatic carbocycles. The van der Waals surface area contributed by atoms with Crippen molar-refractivity contribution >= 4 is 22.6 Å². The molecule has 0 unspecified atom stereocenters. The van der Waals surface area contributed by atoms with Crippen molar-refractivity contribution in [2.45, 2.75) is 6.92 Å². The van der Waals surface area contributed by atoms with Crippen molar-refractivity contribution in [1.82, 2.24) is 0 Å². The highest BCUT2D eigenvalue weighted by atomic mass is 32.1. The van der Waals surface area contributed by atoms with Gasteiger partial charge in [-0.3, -0.25) is 4.79 Å². The molecule has 0 amide bonds. The smallest absolute Gasteiger partial charge is 0.160 e. The summed E-state index contributed by atoms with van der Waals surface area (Å²) < 4.78 is 0. The summed E-state index contributed by atoms with van der Waals surface area (Å²) in [4.78, 5) is 10.8. The summed E-state index contributed by atoms with van der Waals surface area (Å²) >= 11 is 1.32. The Labute approximate surface area is 57.3 Å². The predicted molar refractivity (Wildman–Crippen MR) is 38.9 cm³/mol. The van der Waals surface area contributed by atoms with E-state index in [1.54, 1.807) is 6.07 Å². The Balaban J connectivity index is 3.11. The molecule has 48 valence electrons. The van der Waals surface area contributed by atoms with Crippen molar-refractivity contribution < 1.29 is 4.79 Å². The minimum absolute atomic E-state index is 0.699. The molecule has 0 saturated heterocycles. The van der Waals surface area contributed by atoms with E-state index in [9.17, 15) is 4.79 Å².